The van der Waals surface area contributed by atoms with E-state index in [2.05, 4.69) is 39.8 Å². The van der Waals surface area contributed by atoms with E-state index in [9.17, 15) is 5.11 Å². The molecule has 2 aliphatic rings. The fraction of sp³-hybridized carbons (Fsp3) is 0.684. The minimum Gasteiger partial charge on any atom is -0.463 e. The molecule has 1 aliphatic carbocycles. The monoisotopic (exact) mass is 288 g/mol. The summed E-state index contributed by atoms with van der Waals surface area (Å²) in [5, 5.41) is 10.5. The molecule has 1 aliphatic heterocycles. The van der Waals surface area contributed by atoms with Crippen LogP contribution in [0, 0.1) is 23.7 Å². The van der Waals surface area contributed by atoms with Gasteiger partial charge in [0, 0.05) is 5.92 Å². The molecule has 2 heterocycles. The summed E-state index contributed by atoms with van der Waals surface area (Å²) < 4.78 is 5.90. The van der Waals surface area contributed by atoms with Crippen molar-refractivity contribution in [3.8, 4) is 0 Å². The van der Waals surface area contributed by atoms with Gasteiger partial charge in [-0.2, -0.15) is 0 Å². The van der Waals surface area contributed by atoms with Crippen molar-refractivity contribution in [2.24, 2.45) is 23.7 Å². The van der Waals surface area contributed by atoms with E-state index in [1.165, 1.54) is 18.4 Å². The molecule has 0 aromatic carbocycles. The Kier molecular flexibility index (Phi) is 4.00. The van der Waals surface area contributed by atoms with E-state index in [4.69, 9.17) is 4.42 Å². The van der Waals surface area contributed by atoms with Crippen LogP contribution in [-0.2, 0) is 0 Å². The Balaban J connectivity index is 1.98. The lowest BCUT2D eigenvalue weighted by Gasteiger charge is -2.41. The molecular weight excluding hydrogens is 260 g/mol. The van der Waals surface area contributed by atoms with Gasteiger partial charge >= 0.3 is 0 Å². The van der Waals surface area contributed by atoms with Gasteiger partial charge in [-0.25, -0.2) is 0 Å². The van der Waals surface area contributed by atoms with Crippen molar-refractivity contribution in [1.29, 1.82) is 0 Å². The molecule has 2 heteroatoms. The zero-order valence-corrected chi connectivity index (χ0v) is 13.7. The lowest BCUT2D eigenvalue weighted by atomic mass is 9.64. The summed E-state index contributed by atoms with van der Waals surface area (Å²) in [6.07, 6.45) is 5.10. The van der Waals surface area contributed by atoms with Gasteiger partial charge in [0.2, 0.25) is 0 Å². The maximum Gasteiger partial charge on any atom is 0.132 e. The van der Waals surface area contributed by atoms with E-state index in [0.717, 1.165) is 23.9 Å². The van der Waals surface area contributed by atoms with E-state index < -0.39 is 6.10 Å². The van der Waals surface area contributed by atoms with Gasteiger partial charge in [0.15, 0.2) is 0 Å². The van der Waals surface area contributed by atoms with Crippen molar-refractivity contribution in [1.82, 2.24) is 0 Å². The first-order valence-corrected chi connectivity index (χ1v) is 8.41. The summed E-state index contributed by atoms with van der Waals surface area (Å²) >= 11 is 0. The number of fused-ring (bicyclic) bond motifs is 3. The third kappa shape index (κ3) is 2.70. The predicted octanol–water partition coefficient (Wildman–Crippen LogP) is 5.06. The molecule has 0 spiro atoms. The molecule has 3 rings (SSSR count). The van der Waals surface area contributed by atoms with Gasteiger partial charge in [-0.3, -0.25) is 0 Å². The average Bonchev–Trinajstić information content (AvgIpc) is 2.92. The summed E-state index contributed by atoms with van der Waals surface area (Å²) in [6.45, 7) is 9.20. The second kappa shape index (κ2) is 5.64. The Labute approximate surface area is 128 Å². The second-order valence-corrected chi connectivity index (χ2v) is 7.49. The van der Waals surface area contributed by atoms with Crippen LogP contribution in [-0.4, -0.2) is 5.11 Å². The minimum absolute atomic E-state index is 0.434. The zero-order valence-electron chi connectivity index (χ0n) is 13.7. The highest BCUT2D eigenvalue weighted by molar-refractivity contribution is 5.18. The van der Waals surface area contributed by atoms with Crippen LogP contribution < -0.4 is 0 Å². The zero-order chi connectivity index (χ0) is 15.1. The van der Waals surface area contributed by atoms with Crippen LogP contribution in [0.1, 0.15) is 70.5 Å². The van der Waals surface area contributed by atoms with Crippen molar-refractivity contribution in [2.45, 2.75) is 59.0 Å². The number of hydrogen-bond acceptors (Lipinski definition) is 2. The molecule has 21 heavy (non-hydrogen) atoms. The third-order valence-electron chi connectivity index (χ3n) is 5.78. The largest absolute Gasteiger partial charge is 0.463 e. The van der Waals surface area contributed by atoms with E-state index in [1.54, 1.807) is 0 Å². The molecule has 0 saturated heterocycles. The smallest absolute Gasteiger partial charge is 0.132 e. The second-order valence-electron chi connectivity index (χ2n) is 7.49. The fourth-order valence-corrected chi connectivity index (χ4v) is 4.44. The van der Waals surface area contributed by atoms with Gasteiger partial charge in [-0.1, -0.05) is 32.4 Å². The molecule has 0 radical (unpaired) electrons. The van der Waals surface area contributed by atoms with Crippen molar-refractivity contribution < 1.29 is 9.52 Å². The summed E-state index contributed by atoms with van der Waals surface area (Å²) in [6, 6.07) is 4.01. The van der Waals surface area contributed by atoms with Crippen LogP contribution in [0.5, 0.6) is 0 Å². The Morgan fingerprint density at radius 3 is 2.62 bits per heavy atom. The average molecular weight is 288 g/mol. The molecule has 0 amide bonds. The lowest BCUT2D eigenvalue weighted by molar-refractivity contribution is 0.0885. The highest BCUT2D eigenvalue weighted by Gasteiger charge is 2.38. The van der Waals surface area contributed by atoms with Crippen molar-refractivity contribution >= 4 is 0 Å². The van der Waals surface area contributed by atoms with Gasteiger partial charge in [-0.15, -0.1) is 0 Å². The molecule has 2 unspecified atom stereocenters. The Morgan fingerprint density at radius 1 is 1.19 bits per heavy atom. The molecular formula is C19H28O2. The fourth-order valence-electron chi connectivity index (χ4n) is 4.44. The van der Waals surface area contributed by atoms with Gasteiger partial charge in [0.05, 0.1) is 0 Å². The van der Waals surface area contributed by atoms with Gasteiger partial charge < -0.3 is 9.52 Å². The van der Waals surface area contributed by atoms with Crippen molar-refractivity contribution in [2.75, 3.05) is 0 Å². The molecule has 2 nitrogen and oxygen atoms in total. The van der Waals surface area contributed by atoms with Crippen LogP contribution in [0.4, 0.5) is 0 Å². The standard InChI is InChI=1S/C19H28O2/c1-11(2)14-6-5-12(3)15-10-17(20)19-8-7-18(21-19)13(4)9-16(14)15/h5,7-8,11,13-17,20H,6,9-10H2,1-4H3/t13?,14-,15+,16-,17?/m1/s1. The molecule has 1 aromatic heterocycles. The quantitative estimate of drug-likeness (QED) is 0.732. The molecule has 2 bridgehead atoms. The first kappa shape index (κ1) is 14.9. The highest BCUT2D eigenvalue weighted by atomic mass is 16.4. The molecule has 1 aromatic rings. The number of rotatable bonds is 1. The van der Waals surface area contributed by atoms with Crippen LogP contribution >= 0.6 is 0 Å². The van der Waals surface area contributed by atoms with Crippen molar-refractivity contribution in [3.63, 3.8) is 0 Å². The van der Waals surface area contributed by atoms with Gasteiger partial charge in [0.25, 0.3) is 0 Å². The van der Waals surface area contributed by atoms with E-state index in [1.807, 2.05) is 6.07 Å². The summed E-state index contributed by atoms with van der Waals surface area (Å²) in [5.74, 6) is 4.79. The normalized spacial score (nSPS) is 36.5. The SMILES string of the molecule is CC1=CC[C@H](C(C)C)[C@H]2CC(C)c3ccc(o3)C(O)C[C@@H]12. The topological polar surface area (TPSA) is 33.4 Å². The maximum atomic E-state index is 10.5. The molecule has 0 fully saturated rings. The maximum absolute atomic E-state index is 10.5. The number of aliphatic hydroxyl groups is 1. The Morgan fingerprint density at radius 2 is 1.90 bits per heavy atom. The van der Waals surface area contributed by atoms with Gasteiger partial charge in [0.1, 0.15) is 17.6 Å². The van der Waals surface area contributed by atoms with Crippen LogP contribution in [0.3, 0.4) is 0 Å². The molecule has 116 valence electrons. The van der Waals surface area contributed by atoms with E-state index >= 15 is 0 Å². The predicted molar refractivity (Wildman–Crippen MR) is 85.0 cm³/mol. The molecule has 0 saturated carbocycles. The molecule has 1 N–H and O–H groups in total. The first-order chi connectivity index (χ1) is 9.97. The highest BCUT2D eigenvalue weighted by Crippen LogP contribution is 2.48. The minimum atomic E-state index is -0.467. The summed E-state index contributed by atoms with van der Waals surface area (Å²) in [4.78, 5) is 0. The van der Waals surface area contributed by atoms with Crippen LogP contribution in [0.2, 0.25) is 0 Å². The number of furan rings is 1. The number of allylic oxidation sites excluding steroid dienone is 2. The Bertz CT molecular complexity index is 525. The summed E-state index contributed by atoms with van der Waals surface area (Å²) in [7, 11) is 0. The number of hydrogen-bond donors (Lipinski definition) is 1. The number of aliphatic hydroxyl groups excluding tert-OH is 1. The lowest BCUT2D eigenvalue weighted by Crippen LogP contribution is -2.33. The van der Waals surface area contributed by atoms with E-state index in [-0.39, 0.29) is 0 Å². The van der Waals surface area contributed by atoms with Gasteiger partial charge in [-0.05, 0) is 62.0 Å². The van der Waals surface area contributed by atoms with Crippen LogP contribution in [0.25, 0.3) is 0 Å². The van der Waals surface area contributed by atoms with Crippen molar-refractivity contribution in [3.05, 3.63) is 35.3 Å². The Hall–Kier alpha value is -1.02. The van der Waals surface area contributed by atoms with Crippen LogP contribution in [0.15, 0.2) is 28.2 Å². The first-order valence-electron chi connectivity index (χ1n) is 8.41. The third-order valence-corrected chi connectivity index (χ3v) is 5.78. The summed E-state index contributed by atoms with van der Waals surface area (Å²) in [5.41, 5.74) is 1.47. The molecule has 5 atom stereocenters. The van der Waals surface area contributed by atoms with E-state index in [0.29, 0.717) is 23.7 Å².